The van der Waals surface area contributed by atoms with Crippen molar-refractivity contribution in [1.82, 2.24) is 9.80 Å². The van der Waals surface area contributed by atoms with E-state index >= 15 is 0 Å². The Morgan fingerprint density at radius 3 is 2.86 bits per heavy atom. The Bertz CT molecular complexity index is 826. The molecule has 2 atom stereocenters. The number of para-hydroxylation sites is 1. The zero-order chi connectivity index (χ0) is 20.6. The molecular formula is C22H29N3O4. The lowest BCUT2D eigenvalue weighted by molar-refractivity contribution is -0.130. The maximum absolute atomic E-state index is 13.2. The summed E-state index contributed by atoms with van der Waals surface area (Å²) >= 11 is 0. The van der Waals surface area contributed by atoms with Crippen LogP contribution in [0, 0.1) is 5.92 Å². The van der Waals surface area contributed by atoms with E-state index in [1.807, 2.05) is 30.0 Å². The zero-order valence-corrected chi connectivity index (χ0v) is 17.0. The van der Waals surface area contributed by atoms with Gasteiger partial charge in [-0.1, -0.05) is 12.1 Å². The number of carbonyl (C=O) groups is 3. The van der Waals surface area contributed by atoms with Gasteiger partial charge in [-0.2, -0.15) is 0 Å². The van der Waals surface area contributed by atoms with Gasteiger partial charge in [0.15, 0.2) is 0 Å². The Morgan fingerprint density at radius 1 is 1.28 bits per heavy atom. The van der Waals surface area contributed by atoms with Crippen molar-refractivity contribution in [1.29, 1.82) is 0 Å². The number of benzene rings is 1. The van der Waals surface area contributed by atoms with Crippen LogP contribution in [0.4, 0.5) is 5.69 Å². The first kappa shape index (κ1) is 19.9. The third-order valence-corrected chi connectivity index (χ3v) is 6.69. The van der Waals surface area contributed by atoms with E-state index < -0.39 is 5.66 Å². The predicted molar refractivity (Wildman–Crippen MR) is 108 cm³/mol. The van der Waals surface area contributed by atoms with Crippen molar-refractivity contribution in [2.45, 2.75) is 51.1 Å². The summed E-state index contributed by atoms with van der Waals surface area (Å²) < 4.78 is 0. The Kier molecular flexibility index (Phi) is 5.34. The summed E-state index contributed by atoms with van der Waals surface area (Å²) in [6, 6.07) is 7.28. The first-order chi connectivity index (χ1) is 14.0. The normalized spacial score (nSPS) is 26.1. The Balaban J connectivity index is 1.43. The maximum atomic E-state index is 13.2. The van der Waals surface area contributed by atoms with E-state index in [0.717, 1.165) is 25.9 Å². The highest BCUT2D eigenvalue weighted by atomic mass is 16.3. The maximum Gasteiger partial charge on any atom is 0.257 e. The third kappa shape index (κ3) is 3.41. The monoisotopic (exact) mass is 399 g/mol. The van der Waals surface area contributed by atoms with Crippen LogP contribution in [0.25, 0.3) is 0 Å². The molecule has 156 valence electrons. The predicted octanol–water partition coefficient (Wildman–Crippen LogP) is 2.00. The van der Waals surface area contributed by atoms with Crippen molar-refractivity contribution in [3.8, 4) is 0 Å². The molecule has 0 aromatic heterocycles. The van der Waals surface area contributed by atoms with E-state index in [4.69, 9.17) is 5.11 Å². The standard InChI is InChI=1S/C22H29N3O4/c1-22-11-8-20(28)25(22)18-6-3-2-5-17(18)21(29)24(22)12-4-7-19(27)23-13-9-16(15-23)10-14-26/h2-3,5-6,16,26H,4,7-15H2,1H3. The third-order valence-electron chi connectivity index (χ3n) is 6.69. The van der Waals surface area contributed by atoms with Crippen LogP contribution in [0.15, 0.2) is 24.3 Å². The van der Waals surface area contributed by atoms with Crippen LogP contribution in [0.2, 0.25) is 0 Å². The molecule has 3 aliphatic heterocycles. The second-order valence-electron chi connectivity index (χ2n) is 8.53. The van der Waals surface area contributed by atoms with Gasteiger partial charge in [0.05, 0.1) is 11.3 Å². The minimum atomic E-state index is -0.661. The van der Waals surface area contributed by atoms with Crippen LogP contribution < -0.4 is 4.90 Å². The van der Waals surface area contributed by atoms with Crippen LogP contribution in [0.5, 0.6) is 0 Å². The minimum Gasteiger partial charge on any atom is -0.396 e. The van der Waals surface area contributed by atoms with Gasteiger partial charge < -0.3 is 14.9 Å². The second kappa shape index (κ2) is 7.78. The molecule has 0 radical (unpaired) electrons. The van der Waals surface area contributed by atoms with Gasteiger partial charge in [0.25, 0.3) is 5.91 Å². The van der Waals surface area contributed by atoms with Crippen molar-refractivity contribution >= 4 is 23.4 Å². The van der Waals surface area contributed by atoms with Crippen molar-refractivity contribution in [3.63, 3.8) is 0 Å². The molecule has 4 rings (SSSR count). The average Bonchev–Trinajstić information content (AvgIpc) is 3.30. The molecule has 2 fully saturated rings. The van der Waals surface area contributed by atoms with E-state index in [2.05, 4.69) is 0 Å². The molecule has 0 bridgehead atoms. The summed E-state index contributed by atoms with van der Waals surface area (Å²) in [6.45, 7) is 4.04. The number of hydrogen-bond donors (Lipinski definition) is 1. The molecule has 0 aliphatic carbocycles. The smallest absolute Gasteiger partial charge is 0.257 e. The highest BCUT2D eigenvalue weighted by Crippen LogP contribution is 2.44. The summed E-state index contributed by atoms with van der Waals surface area (Å²) in [5.41, 5.74) is 0.588. The number of nitrogens with zero attached hydrogens (tertiary/aromatic N) is 3. The van der Waals surface area contributed by atoms with Crippen molar-refractivity contribution in [3.05, 3.63) is 29.8 Å². The van der Waals surface area contributed by atoms with Gasteiger partial charge in [-0.3, -0.25) is 19.3 Å². The van der Waals surface area contributed by atoms with Crippen LogP contribution in [-0.2, 0) is 9.59 Å². The highest BCUT2D eigenvalue weighted by Gasteiger charge is 2.52. The van der Waals surface area contributed by atoms with Gasteiger partial charge >= 0.3 is 0 Å². The summed E-state index contributed by atoms with van der Waals surface area (Å²) in [4.78, 5) is 43.8. The molecule has 7 heteroatoms. The minimum absolute atomic E-state index is 0.0421. The molecule has 2 unspecified atom stereocenters. The number of likely N-dealkylation sites (tertiary alicyclic amines) is 1. The zero-order valence-electron chi connectivity index (χ0n) is 17.0. The van der Waals surface area contributed by atoms with Crippen LogP contribution >= 0.6 is 0 Å². The quantitative estimate of drug-likeness (QED) is 0.793. The van der Waals surface area contributed by atoms with Gasteiger partial charge in [0.2, 0.25) is 11.8 Å². The molecule has 1 aromatic carbocycles. The molecule has 0 spiro atoms. The van der Waals surface area contributed by atoms with Crippen LogP contribution in [-0.4, -0.2) is 64.5 Å². The molecule has 7 nitrogen and oxygen atoms in total. The topological polar surface area (TPSA) is 81.2 Å². The molecule has 3 amide bonds. The number of rotatable bonds is 6. The highest BCUT2D eigenvalue weighted by molar-refractivity contribution is 6.10. The lowest BCUT2D eigenvalue weighted by Crippen LogP contribution is -2.62. The first-order valence-electron chi connectivity index (χ1n) is 10.6. The number of aliphatic hydroxyl groups is 1. The summed E-state index contributed by atoms with van der Waals surface area (Å²) in [7, 11) is 0. The van der Waals surface area contributed by atoms with Gasteiger partial charge in [-0.15, -0.1) is 0 Å². The summed E-state index contributed by atoms with van der Waals surface area (Å²) in [5, 5.41) is 9.08. The molecule has 2 saturated heterocycles. The molecule has 0 saturated carbocycles. The van der Waals surface area contributed by atoms with E-state index in [1.165, 1.54) is 0 Å². The fourth-order valence-corrected chi connectivity index (χ4v) is 5.07. The van der Waals surface area contributed by atoms with E-state index in [9.17, 15) is 14.4 Å². The average molecular weight is 399 g/mol. The van der Waals surface area contributed by atoms with E-state index in [1.54, 1.807) is 15.9 Å². The molecule has 29 heavy (non-hydrogen) atoms. The van der Waals surface area contributed by atoms with Crippen molar-refractivity contribution in [2.75, 3.05) is 31.1 Å². The Morgan fingerprint density at radius 2 is 2.07 bits per heavy atom. The molecular weight excluding hydrogens is 370 g/mol. The number of amides is 3. The molecule has 3 heterocycles. The molecule has 1 aromatic rings. The second-order valence-corrected chi connectivity index (χ2v) is 8.53. The SMILES string of the molecule is CC12CCC(=O)N1c1ccccc1C(=O)N2CCCC(=O)N1CCC(CCO)C1. The number of aliphatic hydroxyl groups excluding tert-OH is 1. The molecule has 3 aliphatic rings. The van der Waals surface area contributed by atoms with Crippen molar-refractivity contribution < 1.29 is 19.5 Å². The largest absolute Gasteiger partial charge is 0.396 e. The van der Waals surface area contributed by atoms with Gasteiger partial charge in [-0.05, 0) is 50.7 Å². The van der Waals surface area contributed by atoms with Gasteiger partial charge in [0, 0.05) is 39.1 Å². The van der Waals surface area contributed by atoms with E-state index in [-0.39, 0.29) is 24.3 Å². The number of fused-ring (bicyclic) bond motifs is 3. The Hall–Kier alpha value is -2.41. The summed E-state index contributed by atoms with van der Waals surface area (Å²) in [6.07, 6.45) is 3.69. The fraction of sp³-hybridized carbons (Fsp3) is 0.591. The summed E-state index contributed by atoms with van der Waals surface area (Å²) in [5.74, 6) is 0.479. The number of anilines is 1. The van der Waals surface area contributed by atoms with Gasteiger partial charge in [-0.25, -0.2) is 0 Å². The number of hydrogen-bond acceptors (Lipinski definition) is 4. The number of carbonyl (C=O) groups excluding carboxylic acids is 3. The van der Waals surface area contributed by atoms with Crippen molar-refractivity contribution in [2.24, 2.45) is 5.92 Å². The Labute approximate surface area is 171 Å². The lowest BCUT2D eigenvalue weighted by Gasteiger charge is -2.48. The van der Waals surface area contributed by atoms with Crippen LogP contribution in [0.3, 0.4) is 0 Å². The molecule has 1 N–H and O–H groups in total. The van der Waals surface area contributed by atoms with Crippen LogP contribution in [0.1, 0.15) is 55.8 Å². The fourth-order valence-electron chi connectivity index (χ4n) is 5.07. The lowest BCUT2D eigenvalue weighted by atomic mass is 9.98. The first-order valence-corrected chi connectivity index (χ1v) is 10.6. The van der Waals surface area contributed by atoms with E-state index in [0.29, 0.717) is 49.4 Å². The van der Waals surface area contributed by atoms with Gasteiger partial charge in [0.1, 0.15) is 5.66 Å².